The van der Waals surface area contributed by atoms with Crippen molar-refractivity contribution in [2.45, 2.75) is 5.03 Å². The van der Waals surface area contributed by atoms with Gasteiger partial charge < -0.3 is 10.6 Å². The zero-order chi connectivity index (χ0) is 13.2. The van der Waals surface area contributed by atoms with Gasteiger partial charge in [-0.2, -0.15) is 4.31 Å². The van der Waals surface area contributed by atoms with Gasteiger partial charge in [-0.25, -0.2) is 13.4 Å². The molecule has 0 radical (unpaired) electrons. The van der Waals surface area contributed by atoms with Crippen LogP contribution in [0, 0.1) is 0 Å². The Morgan fingerprint density at radius 3 is 2.94 bits per heavy atom. The van der Waals surface area contributed by atoms with Crippen molar-refractivity contribution in [1.29, 1.82) is 0 Å². The van der Waals surface area contributed by atoms with Gasteiger partial charge in [0.1, 0.15) is 0 Å². The van der Waals surface area contributed by atoms with E-state index in [2.05, 4.69) is 15.6 Å². The molecule has 0 saturated carbocycles. The number of hydrogen-bond acceptors (Lipinski definition) is 5. The van der Waals surface area contributed by atoms with Crippen LogP contribution in [0.3, 0.4) is 0 Å². The Morgan fingerprint density at radius 2 is 2.28 bits per heavy atom. The number of anilines is 1. The van der Waals surface area contributed by atoms with E-state index >= 15 is 0 Å². The smallest absolute Gasteiger partial charge is 0.263 e. The number of pyridine rings is 1. The maximum absolute atomic E-state index is 12.4. The van der Waals surface area contributed by atoms with Crippen LogP contribution in [-0.4, -0.2) is 50.3 Å². The predicted molar refractivity (Wildman–Crippen MR) is 65.6 cm³/mol. The highest BCUT2D eigenvalue weighted by Gasteiger charge is 2.31. The Kier molecular flexibility index (Phi) is 3.48. The van der Waals surface area contributed by atoms with Crippen LogP contribution in [0.5, 0.6) is 0 Å². The lowest BCUT2D eigenvalue weighted by Crippen LogP contribution is -2.50. The Hall–Kier alpha value is -1.67. The van der Waals surface area contributed by atoms with Gasteiger partial charge in [0.15, 0.2) is 5.03 Å². The minimum absolute atomic E-state index is 0.0535. The van der Waals surface area contributed by atoms with Crippen LogP contribution in [0.2, 0.25) is 0 Å². The first kappa shape index (κ1) is 12.8. The van der Waals surface area contributed by atoms with E-state index < -0.39 is 10.0 Å². The van der Waals surface area contributed by atoms with Crippen molar-refractivity contribution in [2.75, 3.05) is 32.0 Å². The fraction of sp³-hybridized carbons (Fsp3) is 0.400. The molecule has 0 spiro atoms. The molecular formula is C10H14N4O3S. The first-order valence-corrected chi connectivity index (χ1v) is 6.89. The minimum atomic E-state index is -3.74. The molecule has 0 atom stereocenters. The summed E-state index contributed by atoms with van der Waals surface area (Å²) in [7, 11) is -2.11. The van der Waals surface area contributed by atoms with Crippen LogP contribution >= 0.6 is 0 Å². The SMILES string of the molecule is CNc1cccnc1S(=O)(=O)N1CCNC(=O)C1. The summed E-state index contributed by atoms with van der Waals surface area (Å²) < 4.78 is 25.8. The molecule has 2 rings (SSSR count). The summed E-state index contributed by atoms with van der Waals surface area (Å²) in [6.07, 6.45) is 1.41. The van der Waals surface area contributed by atoms with Gasteiger partial charge in [-0.1, -0.05) is 0 Å². The maximum Gasteiger partial charge on any atom is 0.263 e. The van der Waals surface area contributed by atoms with Crippen molar-refractivity contribution >= 4 is 21.6 Å². The van der Waals surface area contributed by atoms with Crippen LogP contribution in [0.15, 0.2) is 23.4 Å². The highest BCUT2D eigenvalue weighted by molar-refractivity contribution is 7.89. The van der Waals surface area contributed by atoms with Gasteiger partial charge in [-0.15, -0.1) is 0 Å². The third-order valence-electron chi connectivity index (χ3n) is 2.63. The molecule has 1 aliphatic rings. The number of nitrogens with zero attached hydrogens (tertiary/aromatic N) is 2. The van der Waals surface area contributed by atoms with Crippen molar-refractivity contribution in [3.05, 3.63) is 18.3 Å². The van der Waals surface area contributed by atoms with E-state index in [9.17, 15) is 13.2 Å². The van der Waals surface area contributed by atoms with E-state index in [0.717, 1.165) is 4.31 Å². The van der Waals surface area contributed by atoms with Crippen LogP contribution in [0.4, 0.5) is 5.69 Å². The lowest BCUT2D eigenvalue weighted by molar-refractivity contribution is -0.122. The van der Waals surface area contributed by atoms with Crippen molar-refractivity contribution in [1.82, 2.24) is 14.6 Å². The van der Waals surface area contributed by atoms with E-state index in [1.165, 1.54) is 6.20 Å². The van der Waals surface area contributed by atoms with Gasteiger partial charge in [-0.05, 0) is 12.1 Å². The monoisotopic (exact) mass is 270 g/mol. The summed E-state index contributed by atoms with van der Waals surface area (Å²) in [4.78, 5) is 15.2. The zero-order valence-corrected chi connectivity index (χ0v) is 10.7. The molecular weight excluding hydrogens is 256 g/mol. The second kappa shape index (κ2) is 4.91. The van der Waals surface area contributed by atoms with Crippen molar-refractivity contribution in [3.63, 3.8) is 0 Å². The fourth-order valence-electron chi connectivity index (χ4n) is 1.73. The van der Waals surface area contributed by atoms with Crippen LogP contribution in [-0.2, 0) is 14.8 Å². The molecule has 1 amide bonds. The average Bonchev–Trinajstić information content (AvgIpc) is 2.38. The Balaban J connectivity index is 2.38. The number of amides is 1. The number of nitrogens with one attached hydrogen (secondary N) is 2. The Labute approximate surface area is 105 Å². The van der Waals surface area contributed by atoms with Gasteiger partial charge in [-0.3, -0.25) is 4.79 Å². The number of carbonyl (C=O) groups excluding carboxylic acids is 1. The topological polar surface area (TPSA) is 91.4 Å². The van der Waals surface area contributed by atoms with Crippen LogP contribution < -0.4 is 10.6 Å². The number of rotatable bonds is 3. The number of piperazine rings is 1. The average molecular weight is 270 g/mol. The maximum atomic E-state index is 12.4. The second-order valence-corrected chi connectivity index (χ2v) is 5.65. The first-order chi connectivity index (χ1) is 8.55. The molecule has 0 aliphatic carbocycles. The van der Waals surface area contributed by atoms with Gasteiger partial charge in [0.05, 0.1) is 12.2 Å². The molecule has 0 aromatic carbocycles. The first-order valence-electron chi connectivity index (χ1n) is 5.45. The number of aromatic nitrogens is 1. The molecule has 8 heteroatoms. The summed E-state index contributed by atoms with van der Waals surface area (Å²) >= 11 is 0. The van der Waals surface area contributed by atoms with Crippen LogP contribution in [0.1, 0.15) is 0 Å². The van der Waals surface area contributed by atoms with Crippen molar-refractivity contribution in [2.24, 2.45) is 0 Å². The standard InChI is InChI=1S/C10H14N4O3S/c1-11-8-3-2-4-13-10(8)18(16,17)14-6-5-12-9(15)7-14/h2-4,11H,5-7H2,1H3,(H,12,15). The van der Waals surface area contributed by atoms with Gasteiger partial charge in [0.25, 0.3) is 10.0 Å². The summed E-state index contributed by atoms with van der Waals surface area (Å²) in [6.45, 7) is 0.412. The Bertz CT molecular complexity index is 558. The van der Waals surface area contributed by atoms with Crippen LogP contribution in [0.25, 0.3) is 0 Å². The number of carbonyl (C=O) groups is 1. The van der Waals surface area contributed by atoms with Crippen molar-refractivity contribution < 1.29 is 13.2 Å². The summed E-state index contributed by atoms with van der Waals surface area (Å²) in [6, 6.07) is 3.28. The predicted octanol–water partition coefficient (Wildman–Crippen LogP) is -0.756. The normalized spacial score (nSPS) is 17.3. The lowest BCUT2D eigenvalue weighted by atomic mass is 10.4. The van der Waals surface area contributed by atoms with Crippen molar-refractivity contribution in [3.8, 4) is 0 Å². The molecule has 7 nitrogen and oxygen atoms in total. The number of hydrogen-bond donors (Lipinski definition) is 2. The van der Waals surface area contributed by atoms with Gasteiger partial charge in [0, 0.05) is 26.3 Å². The third kappa shape index (κ3) is 2.29. The summed E-state index contributed by atoms with van der Waals surface area (Å²) in [5, 5.41) is 5.31. The van der Waals surface area contributed by atoms with Gasteiger partial charge >= 0.3 is 0 Å². The lowest BCUT2D eigenvalue weighted by Gasteiger charge is -2.26. The van der Waals surface area contributed by atoms with E-state index in [-0.39, 0.29) is 24.0 Å². The second-order valence-electron chi connectivity index (χ2n) is 3.79. The molecule has 1 aromatic heterocycles. The van der Waals surface area contributed by atoms with E-state index in [1.54, 1.807) is 19.2 Å². The molecule has 2 N–H and O–H groups in total. The molecule has 1 saturated heterocycles. The zero-order valence-electron chi connectivity index (χ0n) is 9.88. The fourth-order valence-corrected chi connectivity index (χ4v) is 3.23. The minimum Gasteiger partial charge on any atom is -0.386 e. The molecule has 0 unspecified atom stereocenters. The highest BCUT2D eigenvalue weighted by Crippen LogP contribution is 2.21. The molecule has 1 fully saturated rings. The van der Waals surface area contributed by atoms with E-state index in [1.807, 2.05) is 0 Å². The molecule has 0 bridgehead atoms. The quantitative estimate of drug-likeness (QED) is 0.753. The summed E-state index contributed by atoms with van der Waals surface area (Å²) in [5.41, 5.74) is 0.420. The molecule has 2 heterocycles. The van der Waals surface area contributed by atoms with E-state index in [4.69, 9.17) is 0 Å². The number of sulfonamides is 1. The molecule has 18 heavy (non-hydrogen) atoms. The molecule has 1 aliphatic heterocycles. The largest absolute Gasteiger partial charge is 0.386 e. The molecule has 98 valence electrons. The van der Waals surface area contributed by atoms with Gasteiger partial charge in [0.2, 0.25) is 5.91 Å². The van der Waals surface area contributed by atoms with E-state index in [0.29, 0.717) is 12.2 Å². The molecule has 1 aromatic rings. The third-order valence-corrected chi connectivity index (χ3v) is 4.43. The highest BCUT2D eigenvalue weighted by atomic mass is 32.2. The summed E-state index contributed by atoms with van der Waals surface area (Å²) in [5.74, 6) is -0.299. The Morgan fingerprint density at radius 1 is 1.50 bits per heavy atom.